The van der Waals surface area contributed by atoms with Crippen molar-refractivity contribution in [3.05, 3.63) is 88.6 Å². The molecule has 0 spiro atoms. The van der Waals surface area contributed by atoms with Crippen LogP contribution in [0.4, 0.5) is 9.18 Å². The van der Waals surface area contributed by atoms with E-state index >= 15 is 0 Å². The van der Waals surface area contributed by atoms with Gasteiger partial charge in [-0.25, -0.2) is 4.39 Å². The molecule has 0 atom stereocenters. The van der Waals surface area contributed by atoms with E-state index in [1.807, 2.05) is 0 Å². The van der Waals surface area contributed by atoms with Crippen LogP contribution in [0.25, 0.3) is 6.08 Å². The van der Waals surface area contributed by atoms with E-state index in [0.717, 1.165) is 16.7 Å². The summed E-state index contributed by atoms with van der Waals surface area (Å²) in [6.45, 7) is 1.76. The molecule has 3 aromatic carbocycles. The van der Waals surface area contributed by atoms with Crippen LogP contribution in [0.5, 0.6) is 17.2 Å². The number of methoxy groups -OCH3 is 1. The molecule has 0 bridgehead atoms. The van der Waals surface area contributed by atoms with E-state index in [-0.39, 0.29) is 40.0 Å². The summed E-state index contributed by atoms with van der Waals surface area (Å²) in [6.07, 6.45) is 1.48. The molecule has 37 heavy (non-hydrogen) atoms. The Bertz CT molecular complexity index is 1470. The van der Waals surface area contributed by atoms with Crippen LogP contribution in [-0.4, -0.2) is 38.2 Å². The summed E-state index contributed by atoms with van der Waals surface area (Å²) in [7, 11) is -2.69. The molecule has 0 radical (unpaired) electrons. The summed E-state index contributed by atoms with van der Waals surface area (Å²) >= 11 is 0.733. The number of rotatable bonds is 9. The van der Waals surface area contributed by atoms with Gasteiger partial charge in [-0.3, -0.25) is 14.5 Å². The van der Waals surface area contributed by atoms with E-state index < -0.39 is 27.1 Å². The molecule has 2 amide bonds. The van der Waals surface area contributed by atoms with Gasteiger partial charge in [0.25, 0.3) is 11.1 Å². The van der Waals surface area contributed by atoms with Gasteiger partial charge in [0.15, 0.2) is 11.5 Å². The van der Waals surface area contributed by atoms with E-state index in [1.165, 1.54) is 73.8 Å². The van der Waals surface area contributed by atoms with Crippen molar-refractivity contribution in [2.24, 2.45) is 0 Å². The van der Waals surface area contributed by atoms with Gasteiger partial charge < -0.3 is 13.7 Å². The molecule has 0 aromatic heterocycles. The van der Waals surface area contributed by atoms with E-state index in [0.29, 0.717) is 11.3 Å². The van der Waals surface area contributed by atoms with Crippen molar-refractivity contribution in [1.29, 1.82) is 0 Å². The number of ether oxygens (including phenoxy) is 2. The second-order valence-electron chi connectivity index (χ2n) is 7.71. The number of halogens is 1. The number of carbonyl (C=O) groups is 2. The van der Waals surface area contributed by atoms with E-state index in [2.05, 4.69) is 0 Å². The number of benzene rings is 3. The SMILES string of the molecule is CCOc1cc(/C=C2\SC(=O)N(Cc3ccccc3F)C2=O)ccc1OS(=O)(=O)c1ccc(OC)cc1. The first-order valence-corrected chi connectivity index (χ1v) is 13.3. The average molecular weight is 544 g/mol. The monoisotopic (exact) mass is 543 g/mol. The molecule has 0 saturated carbocycles. The van der Waals surface area contributed by atoms with Crippen molar-refractivity contribution in [1.82, 2.24) is 4.90 Å². The zero-order chi connectivity index (χ0) is 26.6. The van der Waals surface area contributed by atoms with E-state index in [9.17, 15) is 22.4 Å². The number of imide groups is 1. The lowest BCUT2D eigenvalue weighted by atomic mass is 10.1. The number of amides is 2. The fraction of sp³-hybridized carbons (Fsp3) is 0.154. The number of hydrogen-bond acceptors (Lipinski definition) is 8. The maximum absolute atomic E-state index is 14.0. The molecule has 0 aliphatic carbocycles. The first-order valence-electron chi connectivity index (χ1n) is 11.1. The third-order valence-electron chi connectivity index (χ3n) is 5.27. The minimum Gasteiger partial charge on any atom is -0.497 e. The standard InChI is InChI=1S/C26H22FNO7S2/c1-3-34-23-14-17(8-13-22(23)35-37(31,32)20-11-9-19(33-2)10-12-20)15-24-25(29)28(26(30)36-24)16-18-6-4-5-7-21(18)27/h4-15H,3,16H2,1-2H3/b24-15-. The Morgan fingerprint density at radius 1 is 1.00 bits per heavy atom. The smallest absolute Gasteiger partial charge is 0.339 e. The fourth-order valence-corrected chi connectivity index (χ4v) is 5.22. The van der Waals surface area contributed by atoms with E-state index in [1.54, 1.807) is 13.0 Å². The molecule has 1 aliphatic heterocycles. The lowest BCUT2D eigenvalue weighted by Crippen LogP contribution is -2.27. The van der Waals surface area contributed by atoms with Crippen LogP contribution in [-0.2, 0) is 21.5 Å². The van der Waals surface area contributed by atoms with Crippen LogP contribution in [0.15, 0.2) is 76.5 Å². The Morgan fingerprint density at radius 2 is 1.73 bits per heavy atom. The quantitative estimate of drug-likeness (QED) is 0.267. The maximum Gasteiger partial charge on any atom is 0.339 e. The minimum atomic E-state index is -4.16. The highest BCUT2D eigenvalue weighted by atomic mass is 32.2. The van der Waals surface area contributed by atoms with Gasteiger partial charge in [-0.15, -0.1) is 0 Å². The molecule has 8 nitrogen and oxygen atoms in total. The molecule has 1 saturated heterocycles. The molecule has 192 valence electrons. The van der Waals surface area contributed by atoms with Gasteiger partial charge in [0.05, 0.1) is 25.2 Å². The van der Waals surface area contributed by atoms with Crippen LogP contribution >= 0.6 is 11.8 Å². The minimum absolute atomic E-state index is 0.0394. The predicted molar refractivity (Wildman–Crippen MR) is 136 cm³/mol. The Balaban J connectivity index is 1.57. The van der Waals surface area contributed by atoms with Crippen molar-refractivity contribution in [2.75, 3.05) is 13.7 Å². The number of carbonyl (C=O) groups excluding carboxylic acids is 2. The van der Waals surface area contributed by atoms with Crippen molar-refractivity contribution in [3.8, 4) is 17.2 Å². The molecule has 11 heteroatoms. The van der Waals surface area contributed by atoms with Gasteiger partial charge in [0.2, 0.25) is 0 Å². The summed E-state index contributed by atoms with van der Waals surface area (Å²) in [5.41, 5.74) is 0.707. The number of nitrogens with zero attached hydrogens (tertiary/aromatic N) is 1. The summed E-state index contributed by atoms with van der Waals surface area (Å²) in [6, 6.07) is 16.1. The van der Waals surface area contributed by atoms with Gasteiger partial charge in [-0.1, -0.05) is 24.3 Å². The Kier molecular flexibility index (Phi) is 7.84. The van der Waals surface area contributed by atoms with Crippen molar-refractivity contribution < 1.29 is 36.1 Å². The largest absolute Gasteiger partial charge is 0.497 e. The second kappa shape index (κ2) is 11.1. The zero-order valence-corrected chi connectivity index (χ0v) is 21.5. The van der Waals surface area contributed by atoms with Crippen LogP contribution in [0.3, 0.4) is 0 Å². The summed E-state index contributed by atoms with van der Waals surface area (Å²) < 4.78 is 55.5. The van der Waals surface area contributed by atoms with Crippen LogP contribution in [0.1, 0.15) is 18.1 Å². The van der Waals surface area contributed by atoms with Gasteiger partial charge in [0, 0.05) is 5.56 Å². The van der Waals surface area contributed by atoms with Crippen molar-refractivity contribution >= 4 is 39.1 Å². The lowest BCUT2D eigenvalue weighted by molar-refractivity contribution is -0.123. The highest BCUT2D eigenvalue weighted by Gasteiger charge is 2.35. The van der Waals surface area contributed by atoms with Gasteiger partial charge in [-0.2, -0.15) is 8.42 Å². The molecule has 0 unspecified atom stereocenters. The van der Waals surface area contributed by atoms with Crippen LogP contribution in [0, 0.1) is 5.82 Å². The normalized spacial score (nSPS) is 14.8. The van der Waals surface area contributed by atoms with Gasteiger partial charge in [0.1, 0.15) is 16.5 Å². The fourth-order valence-electron chi connectivity index (χ4n) is 3.44. The molecule has 1 heterocycles. The number of hydrogen-bond donors (Lipinski definition) is 0. The molecular weight excluding hydrogens is 521 g/mol. The molecule has 0 N–H and O–H groups in total. The van der Waals surface area contributed by atoms with E-state index in [4.69, 9.17) is 13.7 Å². The third-order valence-corrected chi connectivity index (χ3v) is 7.43. The predicted octanol–water partition coefficient (Wildman–Crippen LogP) is 5.24. The highest BCUT2D eigenvalue weighted by molar-refractivity contribution is 8.18. The molecule has 4 rings (SSSR count). The summed E-state index contributed by atoms with van der Waals surface area (Å²) in [5.74, 6) is -0.469. The van der Waals surface area contributed by atoms with Crippen molar-refractivity contribution in [3.63, 3.8) is 0 Å². The van der Waals surface area contributed by atoms with Gasteiger partial charge in [-0.05, 0) is 72.8 Å². The third kappa shape index (κ3) is 5.95. The Hall–Kier alpha value is -3.83. The second-order valence-corrected chi connectivity index (χ2v) is 10.3. The first-order chi connectivity index (χ1) is 17.7. The Morgan fingerprint density at radius 3 is 2.41 bits per heavy atom. The zero-order valence-electron chi connectivity index (χ0n) is 19.8. The molecule has 1 fully saturated rings. The number of thioether (sulfide) groups is 1. The molecule has 1 aliphatic rings. The molecule has 3 aromatic rings. The molecular formula is C26H22FNO7S2. The van der Waals surface area contributed by atoms with Crippen LogP contribution < -0.4 is 13.7 Å². The summed E-state index contributed by atoms with van der Waals surface area (Å²) in [4.78, 5) is 26.3. The van der Waals surface area contributed by atoms with Crippen LogP contribution in [0.2, 0.25) is 0 Å². The highest BCUT2D eigenvalue weighted by Crippen LogP contribution is 2.36. The maximum atomic E-state index is 14.0. The Labute approximate surface area is 217 Å². The topological polar surface area (TPSA) is 99.2 Å². The summed E-state index contributed by atoms with van der Waals surface area (Å²) in [5, 5.41) is -0.518. The average Bonchev–Trinajstić information content (AvgIpc) is 3.14. The van der Waals surface area contributed by atoms with Gasteiger partial charge >= 0.3 is 10.1 Å². The lowest BCUT2D eigenvalue weighted by Gasteiger charge is -2.13. The van der Waals surface area contributed by atoms with Crippen molar-refractivity contribution in [2.45, 2.75) is 18.4 Å². The first kappa shape index (κ1) is 26.2.